The largest absolute Gasteiger partial charge is 0.391 e. The normalized spacial score (nSPS) is 20.6. The Kier molecular flexibility index (Phi) is 5.67. The molecule has 2 aliphatic heterocycles. The van der Waals surface area contributed by atoms with Crippen LogP contribution in [0.15, 0.2) is 24.5 Å². The molecule has 0 spiro atoms. The number of fused-ring (bicyclic) bond motifs is 2. The molecular formula is C25H28N8O3S. The van der Waals surface area contributed by atoms with Gasteiger partial charge in [0.25, 0.3) is 5.91 Å². The van der Waals surface area contributed by atoms with Gasteiger partial charge in [0.1, 0.15) is 11.4 Å². The molecule has 1 amide bonds. The molecule has 1 aliphatic carbocycles. The smallest absolute Gasteiger partial charge is 0.261 e. The maximum atomic E-state index is 13.5. The van der Waals surface area contributed by atoms with Crippen molar-refractivity contribution in [2.45, 2.75) is 37.7 Å². The molecule has 192 valence electrons. The van der Waals surface area contributed by atoms with E-state index in [2.05, 4.69) is 20.2 Å². The fourth-order valence-corrected chi connectivity index (χ4v) is 6.07. The number of ether oxygens (including phenoxy) is 1. The Morgan fingerprint density at radius 1 is 1.11 bits per heavy atom. The summed E-state index contributed by atoms with van der Waals surface area (Å²) >= 11 is 1.59. The van der Waals surface area contributed by atoms with Crippen molar-refractivity contribution in [2.75, 3.05) is 54.5 Å². The first kappa shape index (κ1) is 22.8. The van der Waals surface area contributed by atoms with Gasteiger partial charge in [-0.1, -0.05) is 11.3 Å². The lowest BCUT2D eigenvalue weighted by atomic mass is 10.1. The first-order chi connectivity index (χ1) is 18.1. The van der Waals surface area contributed by atoms with Gasteiger partial charge in [0, 0.05) is 38.3 Å². The second-order valence-electron chi connectivity index (χ2n) is 9.92. The predicted octanol–water partition coefficient (Wildman–Crippen LogP) is 2.66. The van der Waals surface area contributed by atoms with Crippen molar-refractivity contribution in [3.63, 3.8) is 0 Å². The lowest BCUT2D eigenvalue weighted by Crippen LogP contribution is -2.38. The maximum Gasteiger partial charge on any atom is 0.261 e. The fraction of sp³-hybridized carbons (Fsp3) is 0.480. The number of morpholine rings is 1. The van der Waals surface area contributed by atoms with Gasteiger partial charge in [0.05, 0.1) is 41.6 Å². The maximum absolute atomic E-state index is 13.5. The summed E-state index contributed by atoms with van der Waals surface area (Å²) in [5.74, 6) is 0.814. The molecule has 1 atom stereocenters. The van der Waals surface area contributed by atoms with Crippen molar-refractivity contribution in [1.29, 1.82) is 0 Å². The Balaban J connectivity index is 1.19. The van der Waals surface area contributed by atoms with Gasteiger partial charge < -0.3 is 25.0 Å². The third-order valence-corrected chi connectivity index (χ3v) is 8.27. The molecule has 1 saturated carbocycles. The van der Waals surface area contributed by atoms with Crippen molar-refractivity contribution < 1.29 is 14.6 Å². The van der Waals surface area contributed by atoms with Crippen LogP contribution in [-0.2, 0) is 4.74 Å². The van der Waals surface area contributed by atoms with E-state index in [-0.39, 0.29) is 12.0 Å². The molecule has 3 fully saturated rings. The van der Waals surface area contributed by atoms with Gasteiger partial charge in [0.2, 0.25) is 0 Å². The van der Waals surface area contributed by atoms with Crippen LogP contribution in [0.4, 0.5) is 16.6 Å². The first-order valence-corrected chi connectivity index (χ1v) is 13.7. The summed E-state index contributed by atoms with van der Waals surface area (Å²) in [7, 11) is 0. The van der Waals surface area contributed by atoms with Crippen LogP contribution in [-0.4, -0.2) is 81.1 Å². The zero-order chi connectivity index (χ0) is 24.9. The topological polar surface area (TPSA) is 121 Å². The molecule has 11 nitrogen and oxygen atoms in total. The van der Waals surface area contributed by atoms with E-state index in [1.54, 1.807) is 22.0 Å². The number of pyridine rings is 1. The molecule has 3 aliphatic rings. The van der Waals surface area contributed by atoms with Crippen LogP contribution < -0.4 is 15.1 Å². The average molecular weight is 521 g/mol. The van der Waals surface area contributed by atoms with E-state index in [1.807, 2.05) is 18.3 Å². The molecule has 37 heavy (non-hydrogen) atoms. The van der Waals surface area contributed by atoms with E-state index in [0.717, 1.165) is 78.0 Å². The van der Waals surface area contributed by atoms with Crippen molar-refractivity contribution in [1.82, 2.24) is 24.6 Å². The van der Waals surface area contributed by atoms with Crippen LogP contribution in [0.1, 0.15) is 47.7 Å². The zero-order valence-electron chi connectivity index (χ0n) is 20.3. The summed E-state index contributed by atoms with van der Waals surface area (Å²) in [6, 6.07) is 3.88. The van der Waals surface area contributed by atoms with E-state index >= 15 is 0 Å². The Morgan fingerprint density at radius 3 is 2.78 bits per heavy atom. The van der Waals surface area contributed by atoms with Gasteiger partial charge in [-0.15, -0.1) is 0 Å². The fourth-order valence-electron chi connectivity index (χ4n) is 5.07. The minimum atomic E-state index is -0.363. The summed E-state index contributed by atoms with van der Waals surface area (Å²) in [6.45, 7) is 4.40. The van der Waals surface area contributed by atoms with Crippen LogP contribution in [0.2, 0.25) is 0 Å². The summed E-state index contributed by atoms with van der Waals surface area (Å²) in [4.78, 5) is 32.2. The minimum Gasteiger partial charge on any atom is -0.391 e. The summed E-state index contributed by atoms with van der Waals surface area (Å²) in [5, 5.41) is 18.5. The SMILES string of the molecule is O=C(Nc1cc2sc(N3CCOCC3)nc2nc1C1CC1)c1cnn2ccc(N3CCCC(O)C3)nc12. The Bertz CT molecular complexity index is 1480. The number of thiazole rings is 1. The molecule has 0 aromatic carbocycles. The number of hydrogen-bond donors (Lipinski definition) is 2. The van der Waals surface area contributed by atoms with Crippen LogP contribution in [0.3, 0.4) is 0 Å². The zero-order valence-corrected chi connectivity index (χ0v) is 21.2. The highest BCUT2D eigenvalue weighted by Gasteiger charge is 2.30. The number of carbonyl (C=O) groups excluding carboxylic acids is 1. The van der Waals surface area contributed by atoms with E-state index in [0.29, 0.717) is 36.9 Å². The van der Waals surface area contributed by atoms with Crippen LogP contribution in [0, 0.1) is 0 Å². The number of hydrogen-bond acceptors (Lipinski definition) is 10. The number of amides is 1. The Morgan fingerprint density at radius 2 is 1.97 bits per heavy atom. The number of rotatable bonds is 5. The van der Waals surface area contributed by atoms with Gasteiger partial charge >= 0.3 is 0 Å². The minimum absolute atomic E-state index is 0.265. The molecule has 4 aromatic heterocycles. The molecule has 2 saturated heterocycles. The van der Waals surface area contributed by atoms with Crippen molar-refractivity contribution in [3.05, 3.63) is 35.8 Å². The average Bonchev–Trinajstić information content (AvgIpc) is 3.54. The van der Waals surface area contributed by atoms with E-state index in [4.69, 9.17) is 19.7 Å². The van der Waals surface area contributed by atoms with Crippen LogP contribution in [0.5, 0.6) is 0 Å². The second-order valence-corrected chi connectivity index (χ2v) is 10.9. The molecule has 12 heteroatoms. The Hall–Kier alpha value is -3.35. The monoisotopic (exact) mass is 520 g/mol. The van der Waals surface area contributed by atoms with Crippen LogP contribution in [0.25, 0.3) is 16.0 Å². The number of piperidine rings is 1. The molecule has 7 rings (SSSR count). The van der Waals surface area contributed by atoms with E-state index < -0.39 is 0 Å². The quantitative estimate of drug-likeness (QED) is 0.409. The highest BCUT2D eigenvalue weighted by Crippen LogP contribution is 2.44. The number of nitrogens with zero attached hydrogens (tertiary/aromatic N) is 7. The van der Waals surface area contributed by atoms with E-state index in [9.17, 15) is 9.90 Å². The molecule has 4 aromatic rings. The number of carbonyl (C=O) groups is 1. The third-order valence-electron chi connectivity index (χ3n) is 7.21. The number of anilines is 3. The van der Waals surface area contributed by atoms with Crippen molar-refractivity contribution in [2.24, 2.45) is 0 Å². The van der Waals surface area contributed by atoms with Gasteiger partial charge in [-0.05, 0) is 37.8 Å². The summed E-state index contributed by atoms with van der Waals surface area (Å²) in [6.07, 6.45) is 6.83. The number of aromatic nitrogens is 5. The Labute approximate surface area is 217 Å². The number of β-amino-alcohol motifs (C(OH)–C–C–N with tert-alkyl or cyclic N) is 1. The van der Waals surface area contributed by atoms with E-state index in [1.165, 1.54) is 0 Å². The molecule has 2 N–H and O–H groups in total. The van der Waals surface area contributed by atoms with Crippen molar-refractivity contribution in [3.8, 4) is 0 Å². The lowest BCUT2D eigenvalue weighted by molar-refractivity contribution is 0.102. The first-order valence-electron chi connectivity index (χ1n) is 12.9. The number of nitrogens with one attached hydrogen (secondary N) is 1. The molecule has 0 radical (unpaired) electrons. The lowest BCUT2D eigenvalue weighted by Gasteiger charge is -2.30. The predicted molar refractivity (Wildman–Crippen MR) is 141 cm³/mol. The second kappa shape index (κ2) is 9.19. The van der Waals surface area contributed by atoms with Gasteiger partial charge in [0.15, 0.2) is 16.4 Å². The van der Waals surface area contributed by atoms with Gasteiger partial charge in [-0.2, -0.15) is 10.1 Å². The summed E-state index contributed by atoms with van der Waals surface area (Å²) < 4.78 is 8.04. The number of aliphatic hydroxyl groups excluding tert-OH is 1. The third kappa shape index (κ3) is 4.38. The highest BCUT2D eigenvalue weighted by atomic mass is 32.1. The molecule has 0 bridgehead atoms. The molecule has 1 unspecified atom stereocenters. The van der Waals surface area contributed by atoms with Crippen LogP contribution >= 0.6 is 11.3 Å². The molecule has 6 heterocycles. The van der Waals surface area contributed by atoms with Crippen molar-refractivity contribution >= 4 is 49.9 Å². The number of aliphatic hydroxyl groups is 1. The molecular weight excluding hydrogens is 492 g/mol. The van der Waals surface area contributed by atoms with Gasteiger partial charge in [-0.3, -0.25) is 4.79 Å². The van der Waals surface area contributed by atoms with Gasteiger partial charge in [-0.25, -0.2) is 14.5 Å². The summed E-state index contributed by atoms with van der Waals surface area (Å²) in [5.41, 5.74) is 3.25. The highest BCUT2D eigenvalue weighted by molar-refractivity contribution is 7.22. The standard InChI is InChI=1S/C25H28N8O3S/c34-16-2-1-6-32(14-16)20-5-7-33-23(28-20)17(13-26-33)24(35)27-18-12-19-22(29-21(18)15-3-4-15)30-25(37-19)31-8-10-36-11-9-31/h5,7,12-13,15-16,34H,1-4,6,8-11,14H2,(H,27,35).